The summed E-state index contributed by atoms with van der Waals surface area (Å²) in [5.74, 6) is 0. The third-order valence-corrected chi connectivity index (χ3v) is 11.2. The van der Waals surface area contributed by atoms with Gasteiger partial charge < -0.3 is 0 Å². The Kier molecular flexibility index (Phi) is 4.49. The van der Waals surface area contributed by atoms with Gasteiger partial charge in [0.25, 0.3) is 0 Å². The Morgan fingerprint density at radius 2 is 0.906 bits per heavy atom. The maximum Gasteiger partial charge on any atom is 0.0435 e. The lowest BCUT2D eigenvalue weighted by Gasteiger charge is -2.15. The van der Waals surface area contributed by atoms with Crippen molar-refractivity contribution >= 4 is 67.6 Å². The molecule has 4 heteroatoms. The molecule has 4 heterocycles. The monoisotopic (exact) mass is 490 g/mol. The van der Waals surface area contributed by atoms with Gasteiger partial charge in [0, 0.05) is 62.7 Å². The minimum absolute atomic E-state index is 0.179. The van der Waals surface area contributed by atoms with Crippen LogP contribution in [-0.2, 0) is 10.8 Å². The van der Waals surface area contributed by atoms with Crippen LogP contribution in [-0.4, -0.2) is 0 Å². The molecule has 0 nitrogen and oxygen atoms in total. The highest BCUT2D eigenvalue weighted by Crippen LogP contribution is 2.62. The molecule has 0 radical (unpaired) electrons. The fourth-order valence-electron chi connectivity index (χ4n) is 4.64. The van der Waals surface area contributed by atoms with Crippen LogP contribution in [0, 0.1) is 0 Å². The fraction of sp³-hybridized carbons (Fsp3) is 0.286. The molecule has 0 unspecified atom stereocenters. The van der Waals surface area contributed by atoms with E-state index in [1.54, 1.807) is 0 Å². The van der Waals surface area contributed by atoms with E-state index in [0.717, 1.165) is 0 Å². The Labute approximate surface area is 206 Å². The van der Waals surface area contributed by atoms with Gasteiger partial charge in [0.05, 0.1) is 0 Å². The Morgan fingerprint density at radius 3 is 1.25 bits per heavy atom. The second-order valence-corrected chi connectivity index (χ2v) is 14.7. The van der Waals surface area contributed by atoms with Crippen LogP contribution in [0.2, 0.25) is 0 Å². The summed E-state index contributed by atoms with van der Waals surface area (Å²) in [6, 6.07) is 14.1. The summed E-state index contributed by atoms with van der Waals surface area (Å²) in [5.41, 5.74) is 9.04. The summed E-state index contributed by atoms with van der Waals surface area (Å²) in [4.78, 5) is 8.61. The standard InChI is InChI=1S/C28H26S4/c1-27(2,3)19-9-7-17(31-19)21-15-11-13-29-25(15)24-22(16-12-14-30-26(16)23(21)24)18-8-10-20(32-18)28(4,5)6/h7-14H,1-6H3. The minimum Gasteiger partial charge on any atom is -0.143 e. The summed E-state index contributed by atoms with van der Waals surface area (Å²) < 4.78 is 0. The van der Waals surface area contributed by atoms with E-state index >= 15 is 0 Å². The van der Waals surface area contributed by atoms with E-state index in [-0.39, 0.29) is 10.8 Å². The number of rotatable bonds is 2. The molecule has 0 bridgehead atoms. The van der Waals surface area contributed by atoms with Crippen LogP contribution in [0.3, 0.4) is 0 Å². The van der Waals surface area contributed by atoms with Crippen molar-refractivity contribution < 1.29 is 0 Å². The highest BCUT2D eigenvalue weighted by molar-refractivity contribution is 7.16. The Balaban J connectivity index is 1.63. The maximum absolute atomic E-state index is 2.35. The summed E-state index contributed by atoms with van der Waals surface area (Å²) >= 11 is 7.73. The van der Waals surface area contributed by atoms with E-state index in [0.29, 0.717) is 0 Å². The normalized spacial score (nSPS) is 15.6. The smallest absolute Gasteiger partial charge is 0.0435 e. The second kappa shape index (κ2) is 6.89. The zero-order valence-electron chi connectivity index (χ0n) is 19.3. The first kappa shape index (κ1) is 20.9. The molecule has 4 aromatic rings. The van der Waals surface area contributed by atoms with Crippen molar-refractivity contribution in [3.05, 3.63) is 87.5 Å². The molecule has 0 N–H and O–H groups in total. The van der Waals surface area contributed by atoms with Crippen molar-refractivity contribution in [1.29, 1.82) is 0 Å². The molecule has 2 aliphatic carbocycles. The molecule has 0 fully saturated rings. The van der Waals surface area contributed by atoms with Crippen molar-refractivity contribution in [1.82, 2.24) is 0 Å². The van der Waals surface area contributed by atoms with E-state index < -0.39 is 0 Å². The lowest BCUT2D eigenvalue weighted by atomic mass is 9.95. The second-order valence-electron chi connectivity index (χ2n) is 10.7. The van der Waals surface area contributed by atoms with E-state index in [4.69, 9.17) is 0 Å². The Hall–Kier alpha value is -1.72. The van der Waals surface area contributed by atoms with Crippen LogP contribution in [0.15, 0.2) is 47.2 Å². The van der Waals surface area contributed by atoms with Crippen LogP contribution >= 0.6 is 45.3 Å². The fourth-order valence-corrected chi connectivity index (χ4v) is 8.81. The molecule has 0 saturated heterocycles. The summed E-state index contributed by atoms with van der Waals surface area (Å²) in [7, 11) is 0. The van der Waals surface area contributed by atoms with Gasteiger partial charge in [0.1, 0.15) is 0 Å². The van der Waals surface area contributed by atoms with Crippen molar-refractivity contribution in [3.63, 3.8) is 0 Å². The van der Waals surface area contributed by atoms with Crippen molar-refractivity contribution in [2.45, 2.75) is 52.4 Å². The first-order chi connectivity index (χ1) is 15.1. The summed E-state index contributed by atoms with van der Waals surface area (Å²) in [6.45, 7) is 13.9. The molecule has 0 saturated carbocycles. The van der Waals surface area contributed by atoms with Gasteiger partial charge in [-0.2, -0.15) is 0 Å². The SMILES string of the molecule is CC(C)(C)c1ccc(C2=C3C(=C(c4ccc(C(C)(C)C)s4)c4ccsc43)c3sccc32)s1. The van der Waals surface area contributed by atoms with Crippen LogP contribution < -0.4 is 0 Å². The van der Waals surface area contributed by atoms with E-state index in [1.807, 2.05) is 45.3 Å². The third kappa shape index (κ3) is 2.96. The van der Waals surface area contributed by atoms with Gasteiger partial charge in [-0.25, -0.2) is 0 Å². The predicted molar refractivity (Wildman–Crippen MR) is 147 cm³/mol. The summed E-state index contributed by atoms with van der Waals surface area (Å²) in [6.07, 6.45) is 0. The molecular formula is C28H26S4. The first-order valence-corrected chi connectivity index (χ1v) is 14.4. The maximum atomic E-state index is 2.35. The number of hydrogen-bond acceptors (Lipinski definition) is 4. The van der Waals surface area contributed by atoms with Gasteiger partial charge in [-0.3, -0.25) is 0 Å². The van der Waals surface area contributed by atoms with Gasteiger partial charge in [-0.1, -0.05) is 41.5 Å². The van der Waals surface area contributed by atoms with Crippen molar-refractivity contribution in [2.75, 3.05) is 0 Å². The van der Waals surface area contributed by atoms with Crippen LogP contribution in [0.4, 0.5) is 0 Å². The molecule has 4 aromatic heterocycles. The van der Waals surface area contributed by atoms with Gasteiger partial charge in [0.15, 0.2) is 0 Å². The largest absolute Gasteiger partial charge is 0.143 e. The van der Waals surface area contributed by atoms with Crippen LogP contribution in [0.1, 0.15) is 81.9 Å². The van der Waals surface area contributed by atoms with E-state index in [1.165, 1.54) is 62.7 Å². The number of hydrogen-bond donors (Lipinski definition) is 0. The highest BCUT2D eigenvalue weighted by Gasteiger charge is 2.40. The molecule has 32 heavy (non-hydrogen) atoms. The number of thiophene rings is 4. The van der Waals surface area contributed by atoms with E-state index in [2.05, 4.69) is 88.7 Å². The molecule has 0 aliphatic heterocycles. The molecule has 0 atom stereocenters. The first-order valence-electron chi connectivity index (χ1n) is 11.0. The Bertz CT molecular complexity index is 1320. The Morgan fingerprint density at radius 1 is 0.500 bits per heavy atom. The number of fused-ring (bicyclic) bond motifs is 5. The van der Waals surface area contributed by atoms with Gasteiger partial charge in [-0.15, -0.1) is 45.3 Å². The van der Waals surface area contributed by atoms with Crippen LogP contribution in [0.25, 0.3) is 22.3 Å². The van der Waals surface area contributed by atoms with E-state index in [9.17, 15) is 0 Å². The highest BCUT2D eigenvalue weighted by atomic mass is 32.1. The third-order valence-electron chi connectivity index (χ3n) is 6.26. The van der Waals surface area contributed by atoms with Gasteiger partial charge in [0.2, 0.25) is 0 Å². The summed E-state index contributed by atoms with van der Waals surface area (Å²) in [5, 5.41) is 4.54. The number of allylic oxidation sites excluding steroid dienone is 2. The lowest BCUT2D eigenvalue weighted by molar-refractivity contribution is 0.603. The molecular weight excluding hydrogens is 465 g/mol. The molecule has 6 rings (SSSR count). The zero-order valence-corrected chi connectivity index (χ0v) is 22.5. The van der Waals surface area contributed by atoms with Gasteiger partial charge in [-0.05, 0) is 58.0 Å². The minimum atomic E-state index is 0.179. The molecule has 2 aliphatic rings. The van der Waals surface area contributed by atoms with Crippen molar-refractivity contribution in [3.8, 4) is 0 Å². The quantitative estimate of drug-likeness (QED) is 0.262. The zero-order chi connectivity index (χ0) is 22.4. The van der Waals surface area contributed by atoms with Crippen LogP contribution in [0.5, 0.6) is 0 Å². The van der Waals surface area contributed by atoms with Crippen molar-refractivity contribution in [2.24, 2.45) is 0 Å². The molecule has 162 valence electrons. The average Bonchev–Trinajstić information content (AvgIpc) is 3.48. The predicted octanol–water partition coefficient (Wildman–Crippen LogP) is 9.77. The topological polar surface area (TPSA) is 0 Å². The molecule has 0 spiro atoms. The molecule has 0 amide bonds. The average molecular weight is 491 g/mol. The lowest BCUT2D eigenvalue weighted by Crippen LogP contribution is -2.07. The molecule has 0 aromatic carbocycles. The van der Waals surface area contributed by atoms with Gasteiger partial charge >= 0.3 is 0 Å².